The minimum atomic E-state index is -0.512. The molecule has 32 heavy (non-hydrogen) atoms. The molecule has 0 saturated carbocycles. The van der Waals surface area contributed by atoms with Crippen LogP contribution in [0.4, 0.5) is 0 Å². The molecule has 0 unspecified atom stereocenters. The van der Waals surface area contributed by atoms with Crippen LogP contribution in [0.25, 0.3) is 0 Å². The molecule has 0 aromatic heterocycles. The number of hydrogen-bond acceptors (Lipinski definition) is 6. The molecule has 4 atom stereocenters. The molecule has 6 heteroatoms. The lowest BCUT2D eigenvalue weighted by atomic mass is 9.77. The van der Waals surface area contributed by atoms with Gasteiger partial charge in [-0.1, -0.05) is 12.1 Å². The first kappa shape index (κ1) is 25.8. The number of benzene rings is 2. The average molecular weight is 447 g/mol. The van der Waals surface area contributed by atoms with Crippen molar-refractivity contribution in [3.8, 4) is 23.0 Å². The molecule has 178 valence electrons. The number of hydrogen-bond donors (Lipinski definition) is 2. The van der Waals surface area contributed by atoms with Gasteiger partial charge < -0.3 is 29.2 Å². The topological polar surface area (TPSA) is 77.4 Å². The maximum atomic E-state index is 10.7. The highest BCUT2D eigenvalue weighted by Crippen LogP contribution is 2.35. The third kappa shape index (κ3) is 7.04. The van der Waals surface area contributed by atoms with E-state index in [1.165, 1.54) is 0 Å². The van der Waals surface area contributed by atoms with Gasteiger partial charge in [-0.15, -0.1) is 0 Å². The van der Waals surface area contributed by atoms with E-state index < -0.39 is 12.2 Å². The molecule has 0 aliphatic rings. The van der Waals surface area contributed by atoms with Crippen molar-refractivity contribution in [2.24, 2.45) is 11.8 Å². The van der Waals surface area contributed by atoms with Crippen LogP contribution in [0.2, 0.25) is 0 Å². The summed E-state index contributed by atoms with van der Waals surface area (Å²) in [6.07, 6.45) is 2.02. The zero-order valence-electron chi connectivity index (χ0n) is 20.1. The summed E-state index contributed by atoms with van der Waals surface area (Å²) in [5.41, 5.74) is 2.18. The van der Waals surface area contributed by atoms with Gasteiger partial charge in [-0.05, 0) is 86.8 Å². The fraction of sp³-hybridized carbons (Fsp3) is 0.538. The summed E-state index contributed by atoms with van der Waals surface area (Å²) in [6.45, 7) is 3.65. The van der Waals surface area contributed by atoms with Crippen LogP contribution < -0.4 is 18.9 Å². The van der Waals surface area contributed by atoms with Gasteiger partial charge in [0.25, 0.3) is 0 Å². The lowest BCUT2D eigenvalue weighted by Gasteiger charge is -2.31. The lowest BCUT2D eigenvalue weighted by Crippen LogP contribution is -2.30. The highest BCUT2D eigenvalue weighted by Gasteiger charge is 2.27. The van der Waals surface area contributed by atoms with E-state index in [1.54, 1.807) is 35.4 Å². The number of aliphatic hydroxyl groups excluding tert-OH is 2. The Bertz CT molecular complexity index is 833. The van der Waals surface area contributed by atoms with E-state index in [2.05, 4.69) is 0 Å². The molecule has 0 radical (unpaired) electrons. The lowest BCUT2D eigenvalue weighted by molar-refractivity contribution is 0.0751. The normalized spacial score (nSPS) is 14.9. The SMILES string of the molecule is COc1ccc(C[C@@H](CC[C@H](C)O)[C@@H](Cc2ccc(OC)c(OC)c2)[C@H](C)O)cc1OC. The summed E-state index contributed by atoms with van der Waals surface area (Å²) < 4.78 is 21.6. The van der Waals surface area contributed by atoms with E-state index >= 15 is 0 Å². The second-order valence-corrected chi connectivity index (χ2v) is 8.38. The fourth-order valence-electron chi connectivity index (χ4n) is 4.24. The smallest absolute Gasteiger partial charge is 0.160 e. The first-order chi connectivity index (χ1) is 15.3. The maximum absolute atomic E-state index is 10.7. The Labute approximate surface area is 192 Å². The zero-order valence-corrected chi connectivity index (χ0v) is 20.1. The predicted molar refractivity (Wildman–Crippen MR) is 126 cm³/mol. The van der Waals surface area contributed by atoms with E-state index in [1.807, 2.05) is 43.3 Å². The third-order valence-corrected chi connectivity index (χ3v) is 6.05. The van der Waals surface area contributed by atoms with Crippen LogP contribution in [0, 0.1) is 11.8 Å². The fourth-order valence-corrected chi connectivity index (χ4v) is 4.24. The van der Waals surface area contributed by atoms with Crippen molar-refractivity contribution in [2.45, 2.75) is 51.7 Å². The minimum absolute atomic E-state index is 0.0000485. The molecule has 2 aromatic rings. The van der Waals surface area contributed by atoms with E-state index in [-0.39, 0.29) is 11.8 Å². The zero-order chi connectivity index (χ0) is 23.7. The van der Waals surface area contributed by atoms with Crippen LogP contribution in [0.5, 0.6) is 23.0 Å². The summed E-state index contributed by atoms with van der Waals surface area (Å²) in [6, 6.07) is 11.8. The molecular weight excluding hydrogens is 408 g/mol. The molecule has 0 bridgehead atoms. The van der Waals surface area contributed by atoms with Crippen LogP contribution >= 0.6 is 0 Å². The molecule has 0 heterocycles. The highest BCUT2D eigenvalue weighted by molar-refractivity contribution is 5.44. The van der Waals surface area contributed by atoms with Gasteiger partial charge in [-0.3, -0.25) is 0 Å². The Kier molecular flexibility index (Phi) is 10.1. The number of ether oxygens (including phenoxy) is 4. The van der Waals surface area contributed by atoms with Crippen LogP contribution in [-0.4, -0.2) is 50.9 Å². The van der Waals surface area contributed by atoms with Crippen LogP contribution in [0.15, 0.2) is 36.4 Å². The van der Waals surface area contributed by atoms with E-state index in [0.29, 0.717) is 35.8 Å². The first-order valence-electron chi connectivity index (χ1n) is 11.1. The van der Waals surface area contributed by atoms with E-state index in [4.69, 9.17) is 18.9 Å². The summed E-state index contributed by atoms with van der Waals surface area (Å²) in [7, 11) is 6.49. The second-order valence-electron chi connectivity index (χ2n) is 8.38. The van der Waals surface area contributed by atoms with E-state index in [0.717, 1.165) is 24.0 Å². The minimum Gasteiger partial charge on any atom is -0.493 e. The standard InChI is InChI=1S/C26H38O6/c1-17(27)7-10-21(13-19-8-11-23(29-3)25(15-19)31-5)22(18(2)28)14-20-9-12-24(30-4)26(16-20)32-6/h8-9,11-12,15-18,21-22,27-28H,7,10,13-14H2,1-6H3/t17-,18-,21+,22-/m0/s1. The summed E-state index contributed by atoms with van der Waals surface area (Å²) in [5, 5.41) is 20.7. The Morgan fingerprint density at radius 2 is 1.12 bits per heavy atom. The quantitative estimate of drug-likeness (QED) is 0.478. The van der Waals surface area contributed by atoms with Gasteiger partial charge in [-0.25, -0.2) is 0 Å². The van der Waals surface area contributed by atoms with Crippen molar-refractivity contribution >= 4 is 0 Å². The largest absolute Gasteiger partial charge is 0.493 e. The average Bonchev–Trinajstić information content (AvgIpc) is 2.79. The van der Waals surface area contributed by atoms with Crippen molar-refractivity contribution < 1.29 is 29.2 Å². The third-order valence-electron chi connectivity index (χ3n) is 6.05. The molecule has 6 nitrogen and oxygen atoms in total. The van der Waals surface area contributed by atoms with Crippen LogP contribution in [-0.2, 0) is 12.8 Å². The van der Waals surface area contributed by atoms with Crippen LogP contribution in [0.1, 0.15) is 37.8 Å². The molecule has 0 fully saturated rings. The van der Waals surface area contributed by atoms with Gasteiger partial charge >= 0.3 is 0 Å². The predicted octanol–water partition coefficient (Wildman–Crippen LogP) is 4.28. The van der Waals surface area contributed by atoms with Gasteiger partial charge in [0.05, 0.1) is 40.6 Å². The summed E-state index contributed by atoms with van der Waals surface area (Å²) in [4.78, 5) is 0. The van der Waals surface area contributed by atoms with Gasteiger partial charge in [-0.2, -0.15) is 0 Å². The maximum Gasteiger partial charge on any atom is 0.160 e. The molecule has 2 rings (SSSR count). The number of rotatable bonds is 13. The van der Waals surface area contributed by atoms with Gasteiger partial charge in [0.15, 0.2) is 23.0 Å². The molecule has 0 aliphatic heterocycles. The molecule has 0 saturated heterocycles. The van der Waals surface area contributed by atoms with Gasteiger partial charge in [0, 0.05) is 0 Å². The molecule has 0 spiro atoms. The van der Waals surface area contributed by atoms with Gasteiger partial charge in [0.1, 0.15) is 0 Å². The second kappa shape index (κ2) is 12.6. The Hall–Kier alpha value is -2.44. The summed E-state index contributed by atoms with van der Waals surface area (Å²) in [5.74, 6) is 2.90. The number of methoxy groups -OCH3 is 4. The monoisotopic (exact) mass is 446 g/mol. The van der Waals surface area contributed by atoms with E-state index in [9.17, 15) is 10.2 Å². The summed E-state index contributed by atoms with van der Waals surface area (Å²) >= 11 is 0. The molecule has 2 N–H and O–H groups in total. The van der Waals surface area contributed by atoms with Crippen molar-refractivity contribution in [2.75, 3.05) is 28.4 Å². The first-order valence-corrected chi connectivity index (χ1v) is 11.1. The van der Waals surface area contributed by atoms with Crippen molar-refractivity contribution in [3.05, 3.63) is 47.5 Å². The van der Waals surface area contributed by atoms with Crippen molar-refractivity contribution in [3.63, 3.8) is 0 Å². The van der Waals surface area contributed by atoms with Gasteiger partial charge in [0.2, 0.25) is 0 Å². The number of aliphatic hydroxyl groups is 2. The Morgan fingerprint density at radius 3 is 1.53 bits per heavy atom. The van der Waals surface area contributed by atoms with Crippen molar-refractivity contribution in [1.29, 1.82) is 0 Å². The Morgan fingerprint density at radius 1 is 0.656 bits per heavy atom. The Balaban J connectivity index is 2.32. The molecule has 2 aromatic carbocycles. The van der Waals surface area contributed by atoms with Crippen molar-refractivity contribution in [1.82, 2.24) is 0 Å². The molecule has 0 amide bonds. The molecular formula is C26H38O6. The highest BCUT2D eigenvalue weighted by atomic mass is 16.5. The molecule has 0 aliphatic carbocycles. The van der Waals surface area contributed by atoms with Crippen LogP contribution in [0.3, 0.4) is 0 Å².